The van der Waals surface area contributed by atoms with Gasteiger partial charge in [-0.2, -0.15) is 0 Å². The summed E-state index contributed by atoms with van der Waals surface area (Å²) < 4.78 is 1.09. The summed E-state index contributed by atoms with van der Waals surface area (Å²) in [4.78, 5) is 3.98. The predicted molar refractivity (Wildman–Crippen MR) is 78.6 cm³/mol. The highest BCUT2D eigenvalue weighted by atomic mass is 79.9. The van der Waals surface area contributed by atoms with Crippen LogP contribution in [0, 0.1) is 0 Å². The van der Waals surface area contributed by atoms with E-state index in [1.54, 1.807) is 12.4 Å². The number of nitrogens with one attached hydrogen (secondary N) is 1. The Morgan fingerprint density at radius 3 is 2.94 bits per heavy atom. The van der Waals surface area contributed by atoms with Gasteiger partial charge in [0.25, 0.3) is 0 Å². The largest absolute Gasteiger partial charge is 0.306 e. The van der Waals surface area contributed by atoms with Crippen molar-refractivity contribution in [2.45, 2.75) is 19.5 Å². The van der Waals surface area contributed by atoms with Crippen molar-refractivity contribution in [2.75, 3.05) is 0 Å². The Hall–Kier alpha value is -0.900. The highest BCUT2D eigenvalue weighted by Crippen LogP contribution is 2.19. The van der Waals surface area contributed by atoms with Gasteiger partial charge in [0.15, 0.2) is 0 Å². The molecule has 0 aliphatic rings. The highest BCUT2D eigenvalue weighted by Gasteiger charge is 2.06. The van der Waals surface area contributed by atoms with Crippen LogP contribution in [-0.2, 0) is 6.54 Å². The van der Waals surface area contributed by atoms with E-state index in [0.29, 0.717) is 5.02 Å². The number of nitrogens with zero attached hydrogens (tertiary/aromatic N) is 1. The third kappa shape index (κ3) is 3.55. The molecule has 2 aromatic rings. The molecule has 94 valence electrons. The molecule has 2 nitrogen and oxygen atoms in total. The maximum absolute atomic E-state index is 6.07. The van der Waals surface area contributed by atoms with E-state index in [0.717, 1.165) is 16.6 Å². The first-order chi connectivity index (χ1) is 8.66. The van der Waals surface area contributed by atoms with Crippen LogP contribution in [-0.4, -0.2) is 4.98 Å². The summed E-state index contributed by atoms with van der Waals surface area (Å²) in [5.41, 5.74) is 2.31. The average molecular weight is 326 g/mol. The Balaban J connectivity index is 2.00. The molecule has 0 radical (unpaired) electrons. The molecule has 0 saturated carbocycles. The molecule has 18 heavy (non-hydrogen) atoms. The molecular formula is C14H14BrClN2. The number of pyridine rings is 1. The summed E-state index contributed by atoms with van der Waals surface area (Å²) in [6.45, 7) is 2.87. The van der Waals surface area contributed by atoms with Crippen molar-refractivity contribution in [3.05, 3.63) is 63.3 Å². The Bertz CT molecular complexity index is 531. The lowest BCUT2D eigenvalue weighted by atomic mass is 10.1. The van der Waals surface area contributed by atoms with Crippen molar-refractivity contribution in [1.82, 2.24) is 10.3 Å². The first-order valence-corrected chi connectivity index (χ1v) is 6.91. The maximum Gasteiger partial charge on any atom is 0.0634 e. The number of rotatable bonds is 4. The van der Waals surface area contributed by atoms with Gasteiger partial charge < -0.3 is 5.32 Å². The van der Waals surface area contributed by atoms with Gasteiger partial charge in [0, 0.05) is 29.5 Å². The minimum absolute atomic E-state index is 0.270. The molecule has 1 N–H and O–H groups in total. The Labute approximate surface area is 121 Å². The molecule has 0 aliphatic carbocycles. The van der Waals surface area contributed by atoms with Crippen LogP contribution in [0.1, 0.15) is 24.1 Å². The molecule has 0 bridgehead atoms. The summed E-state index contributed by atoms with van der Waals surface area (Å²) in [6, 6.07) is 10.5. The van der Waals surface area contributed by atoms with Crippen LogP contribution in [0.2, 0.25) is 5.02 Å². The molecule has 0 unspecified atom stereocenters. The number of benzene rings is 1. The molecule has 1 heterocycles. The van der Waals surface area contributed by atoms with Gasteiger partial charge in [0.1, 0.15) is 0 Å². The number of hydrogen-bond donors (Lipinski definition) is 1. The third-order valence-corrected chi connectivity index (χ3v) is 3.64. The van der Waals surface area contributed by atoms with Crippen molar-refractivity contribution < 1.29 is 0 Å². The van der Waals surface area contributed by atoms with Gasteiger partial charge in [-0.15, -0.1) is 0 Å². The molecule has 1 aromatic carbocycles. The van der Waals surface area contributed by atoms with Crippen molar-refractivity contribution >= 4 is 27.5 Å². The fourth-order valence-corrected chi connectivity index (χ4v) is 2.31. The van der Waals surface area contributed by atoms with E-state index in [2.05, 4.69) is 45.3 Å². The SMILES string of the molecule is C[C@@H](NCc1ccncc1Cl)c1cccc(Br)c1. The molecule has 1 aromatic heterocycles. The van der Waals surface area contributed by atoms with Crippen LogP contribution in [0.5, 0.6) is 0 Å². The summed E-state index contributed by atoms with van der Waals surface area (Å²) in [5.74, 6) is 0. The summed E-state index contributed by atoms with van der Waals surface area (Å²) in [6.07, 6.45) is 3.43. The number of halogens is 2. The monoisotopic (exact) mass is 324 g/mol. The molecule has 0 amide bonds. The quantitative estimate of drug-likeness (QED) is 0.904. The first-order valence-electron chi connectivity index (χ1n) is 5.74. The van der Waals surface area contributed by atoms with E-state index in [-0.39, 0.29) is 6.04 Å². The van der Waals surface area contributed by atoms with Gasteiger partial charge in [0.2, 0.25) is 0 Å². The lowest BCUT2D eigenvalue weighted by Gasteiger charge is -2.15. The standard InChI is InChI=1S/C14H14BrClN2/c1-10(11-3-2-4-13(15)7-11)18-8-12-5-6-17-9-14(12)16/h2-7,9-10,18H,8H2,1H3/t10-/m1/s1. The fraction of sp³-hybridized carbons (Fsp3) is 0.214. The molecule has 1 atom stereocenters. The summed E-state index contributed by atoms with van der Waals surface area (Å²) in [5, 5.41) is 4.15. The van der Waals surface area contributed by atoms with Crippen molar-refractivity contribution in [3.63, 3.8) is 0 Å². The van der Waals surface area contributed by atoms with Crippen molar-refractivity contribution in [1.29, 1.82) is 0 Å². The average Bonchev–Trinajstić information content (AvgIpc) is 2.37. The Kier molecular flexibility index (Phi) is 4.75. The van der Waals surface area contributed by atoms with Crippen LogP contribution >= 0.6 is 27.5 Å². The van der Waals surface area contributed by atoms with Crippen LogP contribution in [0.25, 0.3) is 0 Å². The highest BCUT2D eigenvalue weighted by molar-refractivity contribution is 9.10. The lowest BCUT2D eigenvalue weighted by Crippen LogP contribution is -2.18. The van der Waals surface area contributed by atoms with Gasteiger partial charge in [0.05, 0.1) is 5.02 Å². The van der Waals surface area contributed by atoms with Gasteiger partial charge in [-0.3, -0.25) is 4.98 Å². The van der Waals surface area contributed by atoms with Crippen molar-refractivity contribution in [2.24, 2.45) is 0 Å². The fourth-order valence-electron chi connectivity index (χ4n) is 1.70. The number of hydrogen-bond acceptors (Lipinski definition) is 2. The maximum atomic E-state index is 6.07. The minimum Gasteiger partial charge on any atom is -0.306 e. The van der Waals surface area contributed by atoms with E-state index >= 15 is 0 Å². The zero-order chi connectivity index (χ0) is 13.0. The van der Waals surface area contributed by atoms with Crippen LogP contribution in [0.15, 0.2) is 47.2 Å². The predicted octanol–water partition coefficient (Wildman–Crippen LogP) is 4.35. The minimum atomic E-state index is 0.270. The van der Waals surface area contributed by atoms with Gasteiger partial charge in [-0.1, -0.05) is 39.7 Å². The summed E-state index contributed by atoms with van der Waals surface area (Å²) >= 11 is 9.55. The number of aromatic nitrogens is 1. The first kappa shape index (κ1) is 13.5. The van der Waals surface area contributed by atoms with E-state index in [1.807, 2.05) is 18.2 Å². The summed E-state index contributed by atoms with van der Waals surface area (Å²) in [7, 11) is 0. The molecule has 0 saturated heterocycles. The van der Waals surface area contributed by atoms with Crippen LogP contribution < -0.4 is 5.32 Å². The van der Waals surface area contributed by atoms with Gasteiger partial charge >= 0.3 is 0 Å². The van der Waals surface area contributed by atoms with Gasteiger partial charge in [-0.25, -0.2) is 0 Å². The van der Waals surface area contributed by atoms with E-state index in [1.165, 1.54) is 5.56 Å². The van der Waals surface area contributed by atoms with Gasteiger partial charge in [-0.05, 0) is 36.2 Å². The zero-order valence-electron chi connectivity index (χ0n) is 10.0. The smallest absolute Gasteiger partial charge is 0.0634 e. The molecule has 2 rings (SSSR count). The zero-order valence-corrected chi connectivity index (χ0v) is 12.4. The molecule has 4 heteroatoms. The van der Waals surface area contributed by atoms with Crippen LogP contribution in [0.4, 0.5) is 0 Å². The molecule has 0 spiro atoms. The second-order valence-corrected chi connectivity index (χ2v) is 5.45. The molecule has 0 fully saturated rings. The molecular weight excluding hydrogens is 312 g/mol. The van der Waals surface area contributed by atoms with Crippen molar-refractivity contribution in [3.8, 4) is 0 Å². The normalized spacial score (nSPS) is 12.4. The second kappa shape index (κ2) is 6.32. The van der Waals surface area contributed by atoms with E-state index < -0.39 is 0 Å². The molecule has 0 aliphatic heterocycles. The second-order valence-electron chi connectivity index (χ2n) is 4.12. The third-order valence-electron chi connectivity index (χ3n) is 2.80. The Morgan fingerprint density at radius 2 is 2.22 bits per heavy atom. The van der Waals surface area contributed by atoms with Crippen LogP contribution in [0.3, 0.4) is 0 Å². The Morgan fingerprint density at radius 1 is 1.39 bits per heavy atom. The van der Waals surface area contributed by atoms with E-state index in [9.17, 15) is 0 Å². The topological polar surface area (TPSA) is 24.9 Å². The lowest BCUT2D eigenvalue weighted by molar-refractivity contribution is 0.574. The van der Waals surface area contributed by atoms with E-state index in [4.69, 9.17) is 11.6 Å².